The molecule has 1 aromatic carbocycles. The van der Waals surface area contributed by atoms with Gasteiger partial charge in [0.25, 0.3) is 0 Å². The van der Waals surface area contributed by atoms with Gasteiger partial charge in [0, 0.05) is 0 Å². The fourth-order valence-corrected chi connectivity index (χ4v) is 1.60. The van der Waals surface area contributed by atoms with E-state index in [0.717, 1.165) is 12.1 Å². The monoisotopic (exact) mass is 284 g/mol. The molecule has 5 nitrogen and oxygen atoms in total. The third-order valence-electron chi connectivity index (χ3n) is 1.83. The molecule has 1 N–H and O–H groups in total. The first-order valence-corrected chi connectivity index (χ1v) is 5.83. The maximum atomic E-state index is 12.1. The van der Waals surface area contributed by atoms with Gasteiger partial charge in [-0.25, -0.2) is 8.98 Å². The SMILES string of the molecule is O=C(O)C(OS(=O)(=O)C(F)(F)F)c1ccccc1. The Hall–Kier alpha value is -1.61. The third-order valence-corrected chi connectivity index (χ3v) is 2.85. The van der Waals surface area contributed by atoms with Crippen LogP contribution in [-0.4, -0.2) is 25.0 Å². The van der Waals surface area contributed by atoms with Gasteiger partial charge in [-0.15, -0.1) is 0 Å². The summed E-state index contributed by atoms with van der Waals surface area (Å²) in [5.41, 5.74) is -5.88. The Kier molecular flexibility index (Phi) is 3.97. The highest BCUT2D eigenvalue weighted by Gasteiger charge is 2.49. The van der Waals surface area contributed by atoms with Gasteiger partial charge in [-0.3, -0.25) is 0 Å². The van der Waals surface area contributed by atoms with E-state index in [2.05, 4.69) is 4.18 Å². The highest BCUT2D eigenvalue weighted by Crippen LogP contribution is 2.30. The summed E-state index contributed by atoms with van der Waals surface area (Å²) < 4.78 is 61.4. The first-order chi connectivity index (χ1) is 8.15. The van der Waals surface area contributed by atoms with Gasteiger partial charge >= 0.3 is 21.6 Å². The van der Waals surface area contributed by atoms with Crippen molar-refractivity contribution in [2.45, 2.75) is 11.6 Å². The van der Waals surface area contributed by atoms with Crippen LogP contribution in [0.15, 0.2) is 30.3 Å². The van der Waals surface area contributed by atoms with E-state index in [0.29, 0.717) is 0 Å². The van der Waals surface area contributed by atoms with Crippen LogP contribution in [0, 0.1) is 0 Å². The second kappa shape index (κ2) is 4.94. The average Bonchev–Trinajstić information content (AvgIpc) is 2.25. The van der Waals surface area contributed by atoms with Crippen LogP contribution in [0.1, 0.15) is 11.7 Å². The maximum absolute atomic E-state index is 12.1. The van der Waals surface area contributed by atoms with E-state index in [-0.39, 0.29) is 5.56 Å². The minimum Gasteiger partial charge on any atom is -0.479 e. The van der Waals surface area contributed by atoms with Gasteiger partial charge in [-0.1, -0.05) is 30.3 Å². The predicted molar refractivity (Wildman–Crippen MR) is 52.9 cm³/mol. The fourth-order valence-electron chi connectivity index (χ4n) is 1.05. The predicted octanol–water partition coefficient (Wildman–Crippen LogP) is 1.68. The molecule has 9 heteroatoms. The summed E-state index contributed by atoms with van der Waals surface area (Å²) in [6.07, 6.45) is -2.24. The first kappa shape index (κ1) is 14.5. The molecular formula is C9H7F3O5S. The van der Waals surface area contributed by atoms with Gasteiger partial charge < -0.3 is 5.11 Å². The lowest BCUT2D eigenvalue weighted by Crippen LogP contribution is -2.29. The third kappa shape index (κ3) is 3.20. The molecule has 0 spiro atoms. The van der Waals surface area contributed by atoms with E-state index < -0.39 is 27.7 Å². The molecule has 1 unspecified atom stereocenters. The summed E-state index contributed by atoms with van der Waals surface area (Å²) >= 11 is 0. The minimum absolute atomic E-state index is 0.210. The van der Waals surface area contributed by atoms with Crippen molar-refractivity contribution in [3.63, 3.8) is 0 Å². The molecule has 18 heavy (non-hydrogen) atoms. The Labute approximate surface area is 99.9 Å². The number of carboxylic acid groups (broad SMARTS) is 1. The number of carbonyl (C=O) groups is 1. The topological polar surface area (TPSA) is 80.7 Å². The van der Waals surface area contributed by atoms with Crippen molar-refractivity contribution in [1.82, 2.24) is 0 Å². The Morgan fingerprint density at radius 1 is 1.22 bits per heavy atom. The van der Waals surface area contributed by atoms with Crippen molar-refractivity contribution in [3.8, 4) is 0 Å². The molecule has 0 amide bonds. The van der Waals surface area contributed by atoms with E-state index in [1.807, 2.05) is 0 Å². The fraction of sp³-hybridized carbons (Fsp3) is 0.222. The standard InChI is InChI=1S/C9H7F3O5S/c10-9(11,12)18(15,16)17-7(8(13)14)6-4-2-1-3-5-6/h1-5,7H,(H,13,14). The van der Waals surface area contributed by atoms with Gasteiger partial charge in [0.1, 0.15) is 0 Å². The number of carboxylic acids is 1. The highest BCUT2D eigenvalue weighted by molar-refractivity contribution is 7.87. The summed E-state index contributed by atoms with van der Waals surface area (Å²) in [6.45, 7) is 0. The largest absolute Gasteiger partial charge is 0.523 e. The quantitative estimate of drug-likeness (QED) is 0.672. The van der Waals surface area contributed by atoms with Crippen LogP contribution >= 0.6 is 0 Å². The van der Waals surface area contributed by atoms with Gasteiger partial charge in [0.15, 0.2) is 6.10 Å². The molecule has 0 aliphatic carbocycles. The lowest BCUT2D eigenvalue weighted by Gasteiger charge is -2.14. The minimum atomic E-state index is -5.97. The van der Waals surface area contributed by atoms with Crippen LogP contribution < -0.4 is 0 Å². The van der Waals surface area contributed by atoms with E-state index in [9.17, 15) is 26.4 Å². The Bertz CT molecular complexity index is 523. The average molecular weight is 284 g/mol. The van der Waals surface area contributed by atoms with Crippen LogP contribution in [0.2, 0.25) is 0 Å². The maximum Gasteiger partial charge on any atom is 0.523 e. The molecule has 0 aliphatic rings. The summed E-state index contributed by atoms with van der Waals surface area (Å²) in [7, 11) is -5.97. The second-order valence-corrected chi connectivity index (χ2v) is 4.69. The van der Waals surface area contributed by atoms with Crippen molar-refractivity contribution in [3.05, 3.63) is 35.9 Å². The zero-order chi connectivity index (χ0) is 14.0. The lowest BCUT2D eigenvalue weighted by atomic mass is 10.1. The molecule has 1 atom stereocenters. The Morgan fingerprint density at radius 3 is 2.11 bits per heavy atom. The summed E-state index contributed by atoms with van der Waals surface area (Å²) in [6, 6.07) is 6.46. The van der Waals surface area contributed by atoms with Crippen LogP contribution in [0.4, 0.5) is 13.2 Å². The molecule has 0 aromatic heterocycles. The van der Waals surface area contributed by atoms with Crippen molar-refractivity contribution in [2.75, 3.05) is 0 Å². The molecule has 1 rings (SSSR count). The molecular weight excluding hydrogens is 277 g/mol. The zero-order valence-electron chi connectivity index (χ0n) is 8.59. The van der Waals surface area contributed by atoms with Gasteiger partial charge in [0.05, 0.1) is 0 Å². The normalized spacial score (nSPS) is 14.2. The molecule has 0 saturated heterocycles. The van der Waals surface area contributed by atoms with Gasteiger partial charge in [0.2, 0.25) is 0 Å². The van der Waals surface area contributed by atoms with Crippen LogP contribution in [0.3, 0.4) is 0 Å². The molecule has 0 aliphatic heterocycles. The smallest absolute Gasteiger partial charge is 0.479 e. The molecule has 0 bridgehead atoms. The van der Waals surface area contributed by atoms with E-state index in [1.165, 1.54) is 18.2 Å². The molecule has 0 saturated carbocycles. The number of hydrogen-bond donors (Lipinski definition) is 1. The van der Waals surface area contributed by atoms with Crippen molar-refractivity contribution < 1.29 is 35.7 Å². The van der Waals surface area contributed by atoms with Crippen molar-refractivity contribution in [1.29, 1.82) is 0 Å². The zero-order valence-corrected chi connectivity index (χ0v) is 9.40. The first-order valence-electron chi connectivity index (χ1n) is 4.42. The van der Waals surface area contributed by atoms with Crippen molar-refractivity contribution >= 4 is 16.1 Å². The number of rotatable bonds is 4. The van der Waals surface area contributed by atoms with Crippen LogP contribution in [0.25, 0.3) is 0 Å². The van der Waals surface area contributed by atoms with E-state index in [4.69, 9.17) is 5.11 Å². The van der Waals surface area contributed by atoms with Gasteiger partial charge in [-0.05, 0) is 5.56 Å². The molecule has 100 valence electrons. The Morgan fingerprint density at radius 2 is 1.72 bits per heavy atom. The molecule has 1 aromatic rings. The number of hydrogen-bond acceptors (Lipinski definition) is 4. The number of alkyl halides is 3. The van der Waals surface area contributed by atoms with Crippen molar-refractivity contribution in [2.24, 2.45) is 0 Å². The molecule has 0 radical (unpaired) electrons. The van der Waals surface area contributed by atoms with E-state index in [1.54, 1.807) is 0 Å². The van der Waals surface area contributed by atoms with Crippen LogP contribution in [0.5, 0.6) is 0 Å². The number of aliphatic carboxylic acids is 1. The number of benzene rings is 1. The second-order valence-electron chi connectivity index (χ2n) is 3.13. The van der Waals surface area contributed by atoms with Crippen LogP contribution in [-0.2, 0) is 19.1 Å². The Balaban J connectivity index is 3.08. The highest BCUT2D eigenvalue weighted by atomic mass is 32.2. The van der Waals surface area contributed by atoms with E-state index >= 15 is 0 Å². The molecule has 0 fully saturated rings. The number of halogens is 3. The summed E-state index contributed by atoms with van der Waals surface area (Å²) in [5.74, 6) is -1.84. The summed E-state index contributed by atoms with van der Waals surface area (Å²) in [5, 5.41) is 8.70. The van der Waals surface area contributed by atoms with Gasteiger partial charge in [-0.2, -0.15) is 21.6 Å². The molecule has 0 heterocycles. The lowest BCUT2D eigenvalue weighted by molar-refractivity contribution is -0.146. The summed E-state index contributed by atoms with van der Waals surface area (Å²) in [4.78, 5) is 10.7.